The van der Waals surface area contributed by atoms with Crippen LogP contribution in [0.15, 0.2) is 24.3 Å². The maximum atomic E-state index is 5.90. The standard InChI is InChI=1S/C13H13Cl2N3O2/c1-8(2)20-13-17-11(15)16-12(18-13)19-7-9-4-3-5-10(14)6-9/h3-6,8H,7H2,1-2H3. The van der Waals surface area contributed by atoms with Gasteiger partial charge in [-0.1, -0.05) is 23.7 Å². The maximum Gasteiger partial charge on any atom is 0.324 e. The molecule has 1 aromatic heterocycles. The highest BCUT2D eigenvalue weighted by atomic mass is 35.5. The van der Waals surface area contributed by atoms with Crippen LogP contribution in [0.25, 0.3) is 0 Å². The van der Waals surface area contributed by atoms with E-state index in [4.69, 9.17) is 32.7 Å². The zero-order chi connectivity index (χ0) is 14.5. The van der Waals surface area contributed by atoms with Crippen molar-refractivity contribution in [2.24, 2.45) is 0 Å². The number of halogens is 2. The Bertz CT molecular complexity index is 594. The van der Waals surface area contributed by atoms with Gasteiger partial charge in [-0.2, -0.15) is 9.97 Å². The molecule has 0 saturated heterocycles. The fourth-order valence-electron chi connectivity index (χ4n) is 1.42. The lowest BCUT2D eigenvalue weighted by Gasteiger charge is -2.09. The molecule has 0 unspecified atom stereocenters. The summed E-state index contributed by atoms with van der Waals surface area (Å²) in [6.07, 6.45) is -0.0609. The molecule has 1 heterocycles. The van der Waals surface area contributed by atoms with E-state index in [9.17, 15) is 0 Å². The molecule has 0 aliphatic carbocycles. The average molecular weight is 314 g/mol. The molecule has 0 N–H and O–H groups in total. The number of benzene rings is 1. The van der Waals surface area contributed by atoms with E-state index in [1.54, 1.807) is 12.1 Å². The SMILES string of the molecule is CC(C)Oc1nc(Cl)nc(OCc2cccc(Cl)c2)n1. The van der Waals surface area contributed by atoms with Crippen molar-refractivity contribution in [2.75, 3.05) is 0 Å². The highest BCUT2D eigenvalue weighted by Crippen LogP contribution is 2.16. The first-order valence-electron chi connectivity index (χ1n) is 5.98. The largest absolute Gasteiger partial charge is 0.461 e. The van der Waals surface area contributed by atoms with Gasteiger partial charge in [0.25, 0.3) is 0 Å². The minimum absolute atomic E-state index is 0.0248. The Hall–Kier alpha value is -1.59. The van der Waals surface area contributed by atoms with E-state index in [1.807, 2.05) is 26.0 Å². The zero-order valence-electron chi connectivity index (χ0n) is 11.0. The predicted molar refractivity (Wildman–Crippen MR) is 76.4 cm³/mol. The third-order valence-electron chi connectivity index (χ3n) is 2.17. The number of aromatic nitrogens is 3. The minimum Gasteiger partial charge on any atom is -0.461 e. The fourth-order valence-corrected chi connectivity index (χ4v) is 1.77. The second-order valence-corrected chi connectivity index (χ2v) is 5.03. The van der Waals surface area contributed by atoms with Gasteiger partial charge < -0.3 is 9.47 Å². The topological polar surface area (TPSA) is 57.1 Å². The molecule has 0 bridgehead atoms. The van der Waals surface area contributed by atoms with Gasteiger partial charge in [-0.15, -0.1) is 4.98 Å². The molecule has 0 spiro atoms. The van der Waals surface area contributed by atoms with E-state index in [-0.39, 0.29) is 30.0 Å². The lowest BCUT2D eigenvalue weighted by atomic mass is 10.2. The summed E-state index contributed by atoms with van der Waals surface area (Å²) in [7, 11) is 0. The number of hydrogen-bond acceptors (Lipinski definition) is 5. The highest BCUT2D eigenvalue weighted by Gasteiger charge is 2.09. The molecule has 2 aromatic rings. The molecule has 5 nitrogen and oxygen atoms in total. The van der Waals surface area contributed by atoms with Crippen LogP contribution in [0.5, 0.6) is 12.0 Å². The van der Waals surface area contributed by atoms with Crippen molar-refractivity contribution in [3.05, 3.63) is 40.1 Å². The van der Waals surface area contributed by atoms with Crippen LogP contribution in [0.4, 0.5) is 0 Å². The normalized spacial score (nSPS) is 10.7. The Morgan fingerprint density at radius 2 is 1.85 bits per heavy atom. The van der Waals surface area contributed by atoms with E-state index < -0.39 is 0 Å². The summed E-state index contributed by atoms with van der Waals surface area (Å²) in [4.78, 5) is 11.8. The highest BCUT2D eigenvalue weighted by molar-refractivity contribution is 6.30. The van der Waals surface area contributed by atoms with Crippen LogP contribution in [0.3, 0.4) is 0 Å². The third-order valence-corrected chi connectivity index (χ3v) is 2.57. The molecule has 20 heavy (non-hydrogen) atoms. The van der Waals surface area contributed by atoms with E-state index >= 15 is 0 Å². The van der Waals surface area contributed by atoms with Gasteiger partial charge in [0.2, 0.25) is 5.28 Å². The summed E-state index contributed by atoms with van der Waals surface area (Å²) in [5, 5.41) is 0.667. The molecule has 0 saturated carbocycles. The molecule has 0 amide bonds. The smallest absolute Gasteiger partial charge is 0.324 e. The zero-order valence-corrected chi connectivity index (χ0v) is 12.5. The van der Waals surface area contributed by atoms with Crippen LogP contribution in [0, 0.1) is 0 Å². The van der Waals surface area contributed by atoms with Gasteiger partial charge in [-0.05, 0) is 43.1 Å². The molecule has 1 aromatic carbocycles. The van der Waals surface area contributed by atoms with E-state index in [0.29, 0.717) is 5.02 Å². The van der Waals surface area contributed by atoms with Crippen molar-refractivity contribution >= 4 is 23.2 Å². The second kappa shape index (κ2) is 6.72. The molecule has 106 valence electrons. The molecule has 7 heteroatoms. The third kappa shape index (κ3) is 4.51. The van der Waals surface area contributed by atoms with Crippen LogP contribution in [-0.4, -0.2) is 21.1 Å². The van der Waals surface area contributed by atoms with E-state index in [2.05, 4.69) is 15.0 Å². The van der Waals surface area contributed by atoms with Gasteiger partial charge in [0.1, 0.15) is 6.61 Å². The summed E-state index contributed by atoms with van der Waals surface area (Å²) in [6, 6.07) is 7.58. The lowest BCUT2D eigenvalue weighted by molar-refractivity contribution is 0.211. The summed E-state index contributed by atoms with van der Waals surface area (Å²) in [6.45, 7) is 4.01. The minimum atomic E-state index is -0.0609. The number of rotatable bonds is 5. The molecule has 0 aliphatic heterocycles. The van der Waals surface area contributed by atoms with E-state index in [0.717, 1.165) is 5.56 Å². The molecular formula is C13H13Cl2N3O2. The summed E-state index contributed by atoms with van der Waals surface area (Å²) in [5.74, 6) is 0. The summed E-state index contributed by atoms with van der Waals surface area (Å²) >= 11 is 11.7. The first-order valence-corrected chi connectivity index (χ1v) is 6.74. The van der Waals surface area contributed by atoms with Crippen LogP contribution in [0.2, 0.25) is 10.3 Å². The average Bonchev–Trinajstić information content (AvgIpc) is 2.35. The van der Waals surface area contributed by atoms with Gasteiger partial charge in [0, 0.05) is 5.02 Å². The van der Waals surface area contributed by atoms with Crippen molar-refractivity contribution in [1.82, 2.24) is 15.0 Å². The Morgan fingerprint density at radius 3 is 2.55 bits per heavy atom. The quantitative estimate of drug-likeness (QED) is 0.845. The first-order chi connectivity index (χ1) is 9.52. The van der Waals surface area contributed by atoms with Crippen molar-refractivity contribution < 1.29 is 9.47 Å². The van der Waals surface area contributed by atoms with E-state index in [1.165, 1.54) is 0 Å². The van der Waals surface area contributed by atoms with Crippen molar-refractivity contribution in [1.29, 1.82) is 0 Å². The molecule has 0 radical (unpaired) electrons. The van der Waals surface area contributed by atoms with Crippen LogP contribution in [0.1, 0.15) is 19.4 Å². The van der Waals surface area contributed by atoms with Crippen LogP contribution < -0.4 is 9.47 Å². The first kappa shape index (κ1) is 14.8. The molecule has 0 aliphatic rings. The van der Waals surface area contributed by atoms with Crippen molar-refractivity contribution in [3.8, 4) is 12.0 Å². The monoisotopic (exact) mass is 313 g/mol. The number of nitrogens with zero attached hydrogens (tertiary/aromatic N) is 3. The number of ether oxygens (including phenoxy) is 2. The van der Waals surface area contributed by atoms with Crippen molar-refractivity contribution in [2.45, 2.75) is 26.6 Å². The Balaban J connectivity index is 2.07. The van der Waals surface area contributed by atoms with Crippen molar-refractivity contribution in [3.63, 3.8) is 0 Å². The van der Waals surface area contributed by atoms with Gasteiger partial charge in [0.15, 0.2) is 0 Å². The van der Waals surface area contributed by atoms with Gasteiger partial charge in [-0.3, -0.25) is 0 Å². The van der Waals surface area contributed by atoms with Gasteiger partial charge >= 0.3 is 12.0 Å². The van der Waals surface area contributed by atoms with Crippen LogP contribution in [-0.2, 0) is 6.61 Å². The predicted octanol–water partition coefficient (Wildman–Crippen LogP) is 3.54. The summed E-state index contributed by atoms with van der Waals surface area (Å²) < 4.78 is 10.8. The van der Waals surface area contributed by atoms with Crippen LogP contribution >= 0.6 is 23.2 Å². The molecule has 2 rings (SSSR count). The number of hydrogen-bond donors (Lipinski definition) is 0. The Labute approximate surface area is 126 Å². The maximum absolute atomic E-state index is 5.90. The molecule has 0 fully saturated rings. The lowest BCUT2D eigenvalue weighted by Crippen LogP contribution is -2.10. The van der Waals surface area contributed by atoms with Gasteiger partial charge in [0.05, 0.1) is 6.10 Å². The Kier molecular flexibility index (Phi) is 4.98. The fraction of sp³-hybridized carbons (Fsp3) is 0.308. The molecular weight excluding hydrogens is 301 g/mol. The Morgan fingerprint density at radius 1 is 1.10 bits per heavy atom. The molecule has 0 atom stereocenters. The second-order valence-electron chi connectivity index (χ2n) is 4.25. The van der Waals surface area contributed by atoms with Gasteiger partial charge in [-0.25, -0.2) is 0 Å². The summed E-state index contributed by atoms with van der Waals surface area (Å²) in [5.41, 5.74) is 0.903.